The second-order valence-electron chi connectivity index (χ2n) is 5.55. The van der Waals surface area contributed by atoms with Crippen LogP contribution in [0.2, 0.25) is 0 Å². The Morgan fingerprint density at radius 2 is 2.04 bits per heavy atom. The van der Waals surface area contributed by atoms with E-state index >= 15 is 0 Å². The molecule has 1 aromatic carbocycles. The second kappa shape index (κ2) is 6.71. The van der Waals surface area contributed by atoms with E-state index in [0.717, 1.165) is 12.0 Å². The number of urea groups is 1. The minimum Gasteiger partial charge on any atom is -0.329 e. The molecule has 0 atom stereocenters. The van der Waals surface area contributed by atoms with Gasteiger partial charge in [-0.15, -0.1) is 0 Å². The number of benzene rings is 1. The Bertz CT molecular complexity index is 739. The number of rotatable bonds is 3. The summed E-state index contributed by atoms with van der Waals surface area (Å²) in [7, 11) is 1.65. The molecule has 0 N–H and O–H groups in total. The van der Waals surface area contributed by atoms with Gasteiger partial charge >= 0.3 is 18.1 Å². The highest BCUT2D eigenvalue weighted by atomic mass is 19.4. The Morgan fingerprint density at radius 1 is 1.32 bits per heavy atom. The van der Waals surface area contributed by atoms with Crippen LogP contribution in [0.3, 0.4) is 0 Å². The molecule has 2 heterocycles. The van der Waals surface area contributed by atoms with Crippen LogP contribution in [0.5, 0.6) is 0 Å². The summed E-state index contributed by atoms with van der Waals surface area (Å²) >= 11 is 0. The smallest absolute Gasteiger partial charge is 0.329 e. The number of amides is 2. The lowest BCUT2D eigenvalue weighted by atomic mass is 10.1. The van der Waals surface area contributed by atoms with Crippen molar-refractivity contribution in [1.29, 1.82) is 0 Å². The average Bonchev–Trinajstić information content (AvgIpc) is 3.26. The highest BCUT2D eigenvalue weighted by Crippen LogP contribution is 2.29. The number of nitrogens with zero attached hydrogens (tertiary/aromatic N) is 4. The zero-order chi connectivity index (χ0) is 18.0. The van der Waals surface area contributed by atoms with Gasteiger partial charge in [0.1, 0.15) is 0 Å². The Labute approximate surface area is 140 Å². The zero-order valence-corrected chi connectivity index (χ0v) is 13.3. The monoisotopic (exact) mass is 356 g/mol. The highest BCUT2D eigenvalue weighted by Gasteiger charge is 2.38. The minimum absolute atomic E-state index is 0.145. The fourth-order valence-electron chi connectivity index (χ4n) is 2.35. The predicted molar refractivity (Wildman–Crippen MR) is 78.9 cm³/mol. The van der Waals surface area contributed by atoms with Crippen molar-refractivity contribution in [3.63, 3.8) is 0 Å². The Morgan fingerprint density at radius 3 is 2.60 bits per heavy atom. The van der Waals surface area contributed by atoms with Crippen molar-refractivity contribution in [3.8, 4) is 11.4 Å². The maximum absolute atomic E-state index is 12.5. The Balaban J connectivity index is 1.66. The first-order valence-corrected chi connectivity index (χ1v) is 7.50. The second-order valence-corrected chi connectivity index (χ2v) is 5.55. The molecule has 0 bridgehead atoms. The van der Waals surface area contributed by atoms with Gasteiger partial charge in [-0.2, -0.15) is 18.2 Å². The molecular formula is C15H15F3N4O3. The maximum Gasteiger partial charge on any atom is 0.471 e. The van der Waals surface area contributed by atoms with E-state index in [-0.39, 0.29) is 11.9 Å². The molecule has 0 unspecified atom stereocenters. The van der Waals surface area contributed by atoms with Crippen molar-refractivity contribution >= 4 is 6.03 Å². The quantitative estimate of drug-likeness (QED) is 0.846. The fourth-order valence-corrected chi connectivity index (χ4v) is 2.35. The normalized spacial score (nSPS) is 14.8. The summed E-state index contributed by atoms with van der Waals surface area (Å²) in [6.07, 6.45) is -3.87. The zero-order valence-electron chi connectivity index (χ0n) is 13.3. The maximum atomic E-state index is 12.5. The van der Waals surface area contributed by atoms with E-state index in [2.05, 4.69) is 14.7 Å². The summed E-state index contributed by atoms with van der Waals surface area (Å²) in [5, 5.41) is 4.64. The van der Waals surface area contributed by atoms with Gasteiger partial charge in [-0.3, -0.25) is 4.84 Å². The molecule has 1 saturated heterocycles. The first-order valence-electron chi connectivity index (χ1n) is 7.50. The Kier molecular flexibility index (Phi) is 4.62. The van der Waals surface area contributed by atoms with Crippen molar-refractivity contribution in [2.24, 2.45) is 0 Å². The molecule has 1 aromatic heterocycles. The van der Waals surface area contributed by atoms with Gasteiger partial charge in [-0.25, -0.2) is 9.86 Å². The van der Waals surface area contributed by atoms with E-state index in [0.29, 0.717) is 25.3 Å². The summed E-state index contributed by atoms with van der Waals surface area (Å²) in [5.74, 6) is -1.53. The highest BCUT2D eigenvalue weighted by molar-refractivity contribution is 5.73. The SMILES string of the molecule is CN(Cc1ccc(-c2noc(C(F)(F)F)n2)cc1)C(=O)N1CCCO1. The van der Waals surface area contributed by atoms with Gasteiger partial charge in [-0.05, 0) is 12.0 Å². The van der Waals surface area contributed by atoms with E-state index in [1.165, 1.54) is 9.96 Å². The number of alkyl halides is 3. The van der Waals surface area contributed by atoms with Crippen LogP contribution in [0.1, 0.15) is 17.9 Å². The van der Waals surface area contributed by atoms with Gasteiger partial charge in [0.25, 0.3) is 0 Å². The number of hydrogen-bond acceptors (Lipinski definition) is 5. The van der Waals surface area contributed by atoms with Crippen LogP contribution >= 0.6 is 0 Å². The molecule has 134 valence electrons. The molecule has 0 saturated carbocycles. The lowest BCUT2D eigenvalue weighted by Gasteiger charge is -2.23. The molecule has 1 aliphatic rings. The van der Waals surface area contributed by atoms with Crippen molar-refractivity contribution < 1.29 is 27.3 Å². The van der Waals surface area contributed by atoms with Gasteiger partial charge in [0.2, 0.25) is 5.82 Å². The summed E-state index contributed by atoms with van der Waals surface area (Å²) in [4.78, 5) is 22.2. The first-order chi connectivity index (χ1) is 11.8. The summed E-state index contributed by atoms with van der Waals surface area (Å²) in [6.45, 7) is 1.42. The standard InChI is InChI=1S/C15H15F3N4O3/c1-21(14(23)22-7-2-8-24-22)9-10-3-5-11(6-4-10)12-19-13(25-20-12)15(16,17)18/h3-6H,2,7-9H2,1H3. The number of carbonyl (C=O) groups excluding carboxylic acids is 1. The predicted octanol–water partition coefficient (Wildman–Crippen LogP) is 2.94. The first kappa shape index (κ1) is 17.2. The summed E-state index contributed by atoms with van der Waals surface area (Å²) in [6, 6.07) is 6.28. The molecule has 1 fully saturated rings. The third kappa shape index (κ3) is 3.90. The molecule has 0 aliphatic carbocycles. The molecule has 2 aromatic rings. The lowest BCUT2D eigenvalue weighted by molar-refractivity contribution is -0.159. The van der Waals surface area contributed by atoms with Crippen LogP contribution in [0.25, 0.3) is 11.4 Å². The van der Waals surface area contributed by atoms with E-state index in [4.69, 9.17) is 4.84 Å². The summed E-state index contributed by atoms with van der Waals surface area (Å²) < 4.78 is 41.6. The third-order valence-electron chi connectivity index (χ3n) is 3.59. The van der Waals surface area contributed by atoms with Crippen molar-refractivity contribution in [2.45, 2.75) is 19.1 Å². The van der Waals surface area contributed by atoms with Crippen molar-refractivity contribution in [3.05, 3.63) is 35.7 Å². The fraction of sp³-hybridized carbons (Fsp3) is 0.400. The van der Waals surface area contributed by atoms with E-state index in [9.17, 15) is 18.0 Å². The molecule has 0 radical (unpaired) electrons. The van der Waals surface area contributed by atoms with Crippen LogP contribution < -0.4 is 0 Å². The average molecular weight is 356 g/mol. The van der Waals surface area contributed by atoms with E-state index in [1.54, 1.807) is 31.3 Å². The Hall–Kier alpha value is -2.62. The van der Waals surface area contributed by atoms with E-state index in [1.807, 2.05) is 0 Å². The lowest BCUT2D eigenvalue weighted by Crippen LogP contribution is -2.38. The van der Waals surface area contributed by atoms with Crippen LogP contribution in [-0.4, -0.2) is 46.3 Å². The molecule has 3 rings (SSSR count). The third-order valence-corrected chi connectivity index (χ3v) is 3.59. The van der Waals surface area contributed by atoms with Gasteiger partial charge < -0.3 is 9.42 Å². The number of hydrogen-bond donors (Lipinski definition) is 0. The molecule has 25 heavy (non-hydrogen) atoms. The molecular weight excluding hydrogens is 341 g/mol. The van der Waals surface area contributed by atoms with Crippen LogP contribution in [-0.2, 0) is 17.6 Å². The van der Waals surface area contributed by atoms with Crippen molar-refractivity contribution in [1.82, 2.24) is 20.1 Å². The van der Waals surface area contributed by atoms with Gasteiger partial charge in [0, 0.05) is 19.2 Å². The van der Waals surface area contributed by atoms with Crippen LogP contribution in [0, 0.1) is 0 Å². The number of halogens is 3. The minimum atomic E-state index is -4.67. The molecule has 10 heteroatoms. The van der Waals surface area contributed by atoms with Gasteiger partial charge in [-0.1, -0.05) is 29.4 Å². The van der Waals surface area contributed by atoms with Gasteiger partial charge in [0.15, 0.2) is 0 Å². The topological polar surface area (TPSA) is 71.7 Å². The van der Waals surface area contributed by atoms with Gasteiger partial charge in [0.05, 0.1) is 13.2 Å². The number of carbonyl (C=O) groups is 1. The molecule has 1 aliphatic heterocycles. The molecule has 0 spiro atoms. The number of hydroxylamine groups is 2. The van der Waals surface area contributed by atoms with Crippen LogP contribution in [0.4, 0.5) is 18.0 Å². The van der Waals surface area contributed by atoms with E-state index < -0.39 is 12.1 Å². The largest absolute Gasteiger partial charge is 0.471 e. The van der Waals surface area contributed by atoms with Crippen molar-refractivity contribution in [2.75, 3.05) is 20.2 Å². The number of aromatic nitrogens is 2. The molecule has 2 amide bonds. The summed E-state index contributed by atoms with van der Waals surface area (Å²) in [5.41, 5.74) is 1.19. The van der Waals surface area contributed by atoms with Crippen LogP contribution in [0.15, 0.2) is 28.8 Å². The molecule has 7 nitrogen and oxygen atoms in total.